The highest BCUT2D eigenvalue weighted by molar-refractivity contribution is 5.99. The van der Waals surface area contributed by atoms with Crippen molar-refractivity contribution < 1.29 is 9.53 Å². The van der Waals surface area contributed by atoms with Gasteiger partial charge in [-0.2, -0.15) is 0 Å². The third kappa shape index (κ3) is 4.20. The molecule has 188 valence electrons. The number of hydrogen-bond donors (Lipinski definition) is 1. The smallest absolute Gasteiger partial charge is 0.254 e. The number of hydrogen-bond acceptors (Lipinski definition) is 4. The molecular formula is C29H39N3O3. The van der Waals surface area contributed by atoms with Crippen LogP contribution in [0.4, 0.5) is 0 Å². The number of aryl methyl sites for hydroxylation is 2. The van der Waals surface area contributed by atoms with E-state index >= 15 is 0 Å². The van der Waals surface area contributed by atoms with Crippen molar-refractivity contribution in [1.29, 1.82) is 0 Å². The average Bonchev–Trinajstić information content (AvgIpc) is 3.15. The Kier molecular flexibility index (Phi) is 6.07. The Morgan fingerprint density at radius 1 is 1.09 bits per heavy atom. The molecule has 1 amide bonds. The molecule has 3 aliphatic rings. The Balaban J connectivity index is 1.38. The van der Waals surface area contributed by atoms with Gasteiger partial charge in [0.1, 0.15) is 11.4 Å². The highest BCUT2D eigenvalue weighted by Gasteiger charge is 2.45. The lowest BCUT2D eigenvalue weighted by atomic mass is 9.74. The molecule has 1 atom stereocenters. The van der Waals surface area contributed by atoms with Crippen LogP contribution in [0, 0.1) is 26.7 Å². The number of aromatic amines is 1. The lowest BCUT2D eigenvalue weighted by Gasteiger charge is -2.40. The molecule has 1 unspecified atom stereocenters. The minimum Gasteiger partial charge on any atom is -0.486 e. The highest BCUT2D eigenvalue weighted by Crippen LogP contribution is 2.47. The molecule has 1 fully saturated rings. The zero-order chi connectivity index (χ0) is 25.1. The van der Waals surface area contributed by atoms with Gasteiger partial charge in [-0.15, -0.1) is 0 Å². The van der Waals surface area contributed by atoms with Crippen molar-refractivity contribution in [2.45, 2.75) is 84.4 Å². The number of pyridine rings is 1. The van der Waals surface area contributed by atoms with E-state index in [2.05, 4.69) is 37.0 Å². The van der Waals surface area contributed by atoms with Crippen LogP contribution >= 0.6 is 0 Å². The largest absolute Gasteiger partial charge is 0.486 e. The molecule has 3 heterocycles. The first-order valence-corrected chi connectivity index (χ1v) is 13.1. The number of H-pyrrole nitrogens is 1. The van der Waals surface area contributed by atoms with Gasteiger partial charge in [-0.1, -0.05) is 6.07 Å². The molecule has 6 heteroatoms. The molecule has 0 radical (unpaired) electrons. The third-order valence-corrected chi connectivity index (χ3v) is 8.84. The zero-order valence-electron chi connectivity index (χ0n) is 22.1. The van der Waals surface area contributed by atoms with Crippen molar-refractivity contribution in [2.75, 3.05) is 20.6 Å². The molecule has 2 aromatic rings. The average molecular weight is 478 g/mol. The maximum atomic E-state index is 13.6. The second kappa shape index (κ2) is 8.81. The van der Waals surface area contributed by atoms with Crippen molar-refractivity contribution in [2.24, 2.45) is 5.92 Å². The fraction of sp³-hybridized carbons (Fsp3) is 0.586. The van der Waals surface area contributed by atoms with E-state index in [1.165, 1.54) is 31.2 Å². The van der Waals surface area contributed by atoms with Gasteiger partial charge in [-0.3, -0.25) is 9.59 Å². The lowest BCUT2D eigenvalue weighted by Crippen LogP contribution is -2.44. The summed E-state index contributed by atoms with van der Waals surface area (Å²) in [6.07, 6.45) is 6.53. The first-order chi connectivity index (χ1) is 16.6. The molecule has 5 rings (SSSR count). The van der Waals surface area contributed by atoms with Crippen LogP contribution in [-0.4, -0.2) is 53.0 Å². The van der Waals surface area contributed by atoms with Crippen molar-refractivity contribution >= 4 is 5.91 Å². The standard InChI is InChI=1S/C29H39N3O3/c1-17-13-18(2)30-27(33)24(17)16-32-12-11-20-14-21-15-29(4,22-7-9-23(10-8-22)31(5)6)35-26(21)19(3)25(20)28(32)34/h13-14,22-23H,7-12,15-16H2,1-6H3,(H,30,33). The number of aromatic nitrogens is 1. The Morgan fingerprint density at radius 3 is 2.46 bits per heavy atom. The second-order valence-electron chi connectivity index (χ2n) is 11.5. The number of benzene rings is 1. The summed E-state index contributed by atoms with van der Waals surface area (Å²) in [5.41, 5.74) is 6.25. The summed E-state index contributed by atoms with van der Waals surface area (Å²) in [6.45, 7) is 9.10. The summed E-state index contributed by atoms with van der Waals surface area (Å²) < 4.78 is 6.74. The van der Waals surface area contributed by atoms with Crippen molar-refractivity contribution in [1.82, 2.24) is 14.8 Å². The van der Waals surface area contributed by atoms with Gasteiger partial charge in [-0.05, 0) is 103 Å². The molecule has 0 saturated heterocycles. The third-order valence-electron chi connectivity index (χ3n) is 8.84. The Hall–Kier alpha value is -2.60. The number of nitrogens with zero attached hydrogens (tertiary/aromatic N) is 2. The van der Waals surface area contributed by atoms with E-state index in [4.69, 9.17) is 4.74 Å². The summed E-state index contributed by atoms with van der Waals surface area (Å²) in [5, 5.41) is 0. The predicted molar refractivity (Wildman–Crippen MR) is 138 cm³/mol. The van der Waals surface area contributed by atoms with Crippen LogP contribution in [-0.2, 0) is 19.4 Å². The van der Waals surface area contributed by atoms with E-state index in [9.17, 15) is 9.59 Å². The van der Waals surface area contributed by atoms with Gasteiger partial charge >= 0.3 is 0 Å². The van der Waals surface area contributed by atoms with E-state index in [0.29, 0.717) is 30.6 Å². The number of rotatable bonds is 4. The number of amides is 1. The second-order valence-corrected chi connectivity index (χ2v) is 11.5. The van der Waals surface area contributed by atoms with Crippen LogP contribution in [0.5, 0.6) is 5.75 Å². The normalized spacial score (nSPS) is 26.0. The van der Waals surface area contributed by atoms with Gasteiger partial charge < -0.3 is 19.5 Å². The topological polar surface area (TPSA) is 65.6 Å². The molecule has 1 aromatic heterocycles. The van der Waals surface area contributed by atoms with Crippen molar-refractivity contribution in [3.63, 3.8) is 0 Å². The van der Waals surface area contributed by atoms with Gasteiger partial charge in [0, 0.05) is 41.4 Å². The minimum absolute atomic E-state index is 0.00891. The molecule has 2 aliphatic heterocycles. The summed E-state index contributed by atoms with van der Waals surface area (Å²) >= 11 is 0. The molecule has 1 aliphatic carbocycles. The van der Waals surface area contributed by atoms with E-state index in [-0.39, 0.29) is 17.1 Å². The van der Waals surface area contributed by atoms with E-state index < -0.39 is 0 Å². The highest BCUT2D eigenvalue weighted by atomic mass is 16.5. The summed E-state index contributed by atoms with van der Waals surface area (Å²) in [7, 11) is 4.36. The monoisotopic (exact) mass is 477 g/mol. The molecule has 35 heavy (non-hydrogen) atoms. The molecule has 1 saturated carbocycles. The van der Waals surface area contributed by atoms with Crippen LogP contribution in [0.15, 0.2) is 16.9 Å². The van der Waals surface area contributed by atoms with Crippen LogP contribution in [0.3, 0.4) is 0 Å². The summed E-state index contributed by atoms with van der Waals surface area (Å²) in [5.74, 6) is 1.46. The number of carbonyl (C=O) groups is 1. The number of fused-ring (bicyclic) bond motifs is 2. The number of carbonyl (C=O) groups excluding carboxylic acids is 1. The van der Waals surface area contributed by atoms with Crippen LogP contribution in [0.1, 0.15) is 76.5 Å². The fourth-order valence-electron chi connectivity index (χ4n) is 6.72. The molecular weight excluding hydrogens is 438 g/mol. The lowest BCUT2D eigenvalue weighted by molar-refractivity contribution is 0.0158. The van der Waals surface area contributed by atoms with Gasteiger partial charge in [-0.25, -0.2) is 0 Å². The van der Waals surface area contributed by atoms with E-state index in [1.54, 1.807) is 0 Å². The van der Waals surface area contributed by atoms with Crippen LogP contribution < -0.4 is 10.3 Å². The molecule has 0 spiro atoms. The van der Waals surface area contributed by atoms with Crippen molar-refractivity contribution in [3.8, 4) is 5.75 Å². The number of nitrogens with one attached hydrogen (secondary N) is 1. The molecule has 6 nitrogen and oxygen atoms in total. The van der Waals surface area contributed by atoms with E-state index in [0.717, 1.165) is 46.5 Å². The molecule has 1 aromatic carbocycles. The molecule has 1 N–H and O–H groups in total. The maximum Gasteiger partial charge on any atom is 0.254 e. The fourth-order valence-corrected chi connectivity index (χ4v) is 6.72. The Morgan fingerprint density at radius 2 is 1.80 bits per heavy atom. The predicted octanol–water partition coefficient (Wildman–Crippen LogP) is 4.31. The Bertz CT molecular complexity index is 1220. The molecule has 0 bridgehead atoms. The minimum atomic E-state index is -0.205. The van der Waals surface area contributed by atoms with Gasteiger partial charge in [0.05, 0.1) is 6.54 Å². The summed E-state index contributed by atoms with van der Waals surface area (Å²) in [6, 6.07) is 4.87. The quantitative estimate of drug-likeness (QED) is 0.713. The first kappa shape index (κ1) is 24.1. The van der Waals surface area contributed by atoms with E-state index in [1.807, 2.05) is 31.7 Å². The number of ether oxygens (including phenoxy) is 1. The SMILES string of the molecule is Cc1cc(C)c(CN2CCc3cc4c(c(C)c3C2=O)OC(C)(C2CCC(N(C)C)CC2)C4)c(=O)[nH]1. The van der Waals surface area contributed by atoms with Crippen molar-refractivity contribution in [3.05, 3.63) is 61.6 Å². The summed E-state index contributed by atoms with van der Waals surface area (Å²) in [4.78, 5) is 33.3. The van der Waals surface area contributed by atoms with Gasteiger partial charge in [0.2, 0.25) is 0 Å². The van der Waals surface area contributed by atoms with Gasteiger partial charge in [0.25, 0.3) is 11.5 Å². The van der Waals surface area contributed by atoms with Crippen LogP contribution in [0.25, 0.3) is 0 Å². The first-order valence-electron chi connectivity index (χ1n) is 13.1. The van der Waals surface area contributed by atoms with Gasteiger partial charge in [0.15, 0.2) is 0 Å². The zero-order valence-corrected chi connectivity index (χ0v) is 22.1. The maximum absolute atomic E-state index is 13.6. The Labute approximate surface area is 208 Å². The van der Waals surface area contributed by atoms with Crippen LogP contribution in [0.2, 0.25) is 0 Å².